The fourth-order valence-corrected chi connectivity index (χ4v) is 1.51. The lowest BCUT2D eigenvalue weighted by molar-refractivity contribution is 0.686. The third-order valence-electron chi connectivity index (χ3n) is 2.04. The van der Waals surface area contributed by atoms with Crippen molar-refractivity contribution in [2.24, 2.45) is 5.73 Å². The Balaban J connectivity index is 2.79. The predicted molar refractivity (Wildman–Crippen MR) is 65.9 cm³/mol. The average molecular weight is 224 g/mol. The van der Waals surface area contributed by atoms with Crippen LogP contribution in [0.5, 0.6) is 0 Å². The monoisotopic (exact) mass is 224 g/mol. The van der Waals surface area contributed by atoms with E-state index in [1.807, 2.05) is 0 Å². The molecule has 0 saturated heterocycles. The SMILES string of the molecule is CCCC(C)Nc1nccnc1C(N)=S. The van der Waals surface area contributed by atoms with Gasteiger partial charge in [-0.1, -0.05) is 25.6 Å². The van der Waals surface area contributed by atoms with Crippen LogP contribution in [0.4, 0.5) is 5.82 Å². The van der Waals surface area contributed by atoms with E-state index in [0.29, 0.717) is 17.6 Å². The highest BCUT2D eigenvalue weighted by Crippen LogP contribution is 2.11. The molecule has 0 radical (unpaired) electrons. The van der Waals surface area contributed by atoms with Crippen LogP contribution in [0.25, 0.3) is 0 Å². The number of nitrogens with one attached hydrogen (secondary N) is 1. The molecule has 0 bridgehead atoms. The Morgan fingerprint density at radius 3 is 2.80 bits per heavy atom. The maximum Gasteiger partial charge on any atom is 0.155 e. The van der Waals surface area contributed by atoms with Crippen LogP contribution in [0.15, 0.2) is 12.4 Å². The van der Waals surface area contributed by atoms with Gasteiger partial charge in [0.05, 0.1) is 0 Å². The van der Waals surface area contributed by atoms with Gasteiger partial charge >= 0.3 is 0 Å². The molecule has 15 heavy (non-hydrogen) atoms. The first-order chi connectivity index (χ1) is 7.15. The van der Waals surface area contributed by atoms with Crippen molar-refractivity contribution < 1.29 is 0 Å². The van der Waals surface area contributed by atoms with E-state index in [2.05, 4.69) is 29.1 Å². The molecular formula is C10H16N4S. The largest absolute Gasteiger partial charge is 0.388 e. The molecule has 1 aromatic rings. The molecule has 5 heteroatoms. The number of nitrogens with two attached hydrogens (primary N) is 1. The molecule has 1 rings (SSSR count). The Kier molecular flexibility index (Phi) is 4.42. The molecule has 0 aromatic carbocycles. The highest BCUT2D eigenvalue weighted by atomic mass is 32.1. The van der Waals surface area contributed by atoms with Crippen molar-refractivity contribution >= 4 is 23.0 Å². The Morgan fingerprint density at radius 1 is 1.53 bits per heavy atom. The smallest absolute Gasteiger partial charge is 0.155 e. The zero-order valence-corrected chi connectivity index (χ0v) is 9.84. The van der Waals surface area contributed by atoms with E-state index < -0.39 is 0 Å². The second-order valence-corrected chi connectivity index (χ2v) is 3.89. The van der Waals surface area contributed by atoms with Crippen LogP contribution in [-0.4, -0.2) is 21.0 Å². The third kappa shape index (κ3) is 3.43. The van der Waals surface area contributed by atoms with E-state index in [1.54, 1.807) is 12.4 Å². The van der Waals surface area contributed by atoms with Gasteiger partial charge in [-0.25, -0.2) is 9.97 Å². The van der Waals surface area contributed by atoms with Crippen molar-refractivity contribution in [3.05, 3.63) is 18.1 Å². The van der Waals surface area contributed by atoms with Crippen molar-refractivity contribution in [1.29, 1.82) is 0 Å². The Labute approximate surface area is 95.3 Å². The Morgan fingerprint density at radius 2 is 2.20 bits per heavy atom. The van der Waals surface area contributed by atoms with Gasteiger partial charge in [-0.15, -0.1) is 0 Å². The molecule has 0 aliphatic rings. The normalized spacial score (nSPS) is 12.1. The van der Waals surface area contributed by atoms with E-state index in [0.717, 1.165) is 12.8 Å². The summed E-state index contributed by atoms with van der Waals surface area (Å²) in [6.07, 6.45) is 5.41. The summed E-state index contributed by atoms with van der Waals surface area (Å²) in [5.74, 6) is 0.672. The van der Waals surface area contributed by atoms with Gasteiger partial charge in [0.25, 0.3) is 0 Å². The molecule has 0 spiro atoms. The van der Waals surface area contributed by atoms with Crippen molar-refractivity contribution in [3.8, 4) is 0 Å². The molecule has 1 atom stereocenters. The van der Waals surface area contributed by atoms with E-state index in [9.17, 15) is 0 Å². The average Bonchev–Trinajstić information content (AvgIpc) is 2.18. The molecule has 1 aromatic heterocycles. The first-order valence-corrected chi connectivity index (χ1v) is 5.43. The van der Waals surface area contributed by atoms with Gasteiger partial charge in [0, 0.05) is 18.4 Å². The summed E-state index contributed by atoms with van der Waals surface area (Å²) >= 11 is 4.90. The number of rotatable bonds is 5. The number of aromatic nitrogens is 2. The fraction of sp³-hybridized carbons (Fsp3) is 0.500. The second kappa shape index (κ2) is 5.60. The van der Waals surface area contributed by atoms with E-state index in [1.165, 1.54) is 0 Å². The number of thiocarbonyl (C=S) groups is 1. The van der Waals surface area contributed by atoms with E-state index in [4.69, 9.17) is 18.0 Å². The standard InChI is InChI=1S/C10H16N4S/c1-3-4-7(2)14-10-8(9(11)15)12-5-6-13-10/h5-7H,3-4H2,1-2H3,(H2,11,15)(H,13,14). The summed E-state index contributed by atoms with van der Waals surface area (Å²) in [4.78, 5) is 8.55. The highest BCUT2D eigenvalue weighted by Gasteiger charge is 2.09. The fourth-order valence-electron chi connectivity index (χ4n) is 1.36. The number of nitrogens with zero attached hydrogens (tertiary/aromatic N) is 2. The van der Waals surface area contributed by atoms with Crippen molar-refractivity contribution in [3.63, 3.8) is 0 Å². The molecule has 1 heterocycles. The van der Waals surface area contributed by atoms with E-state index >= 15 is 0 Å². The van der Waals surface area contributed by atoms with Gasteiger partial charge in [-0.2, -0.15) is 0 Å². The quantitative estimate of drug-likeness (QED) is 0.745. The molecule has 82 valence electrons. The number of anilines is 1. The van der Waals surface area contributed by atoms with Crippen molar-refractivity contribution in [2.75, 3.05) is 5.32 Å². The molecule has 0 fully saturated rings. The van der Waals surface area contributed by atoms with Crippen molar-refractivity contribution in [2.45, 2.75) is 32.7 Å². The molecule has 1 unspecified atom stereocenters. The highest BCUT2D eigenvalue weighted by molar-refractivity contribution is 7.80. The van der Waals surface area contributed by atoms with Crippen LogP contribution < -0.4 is 11.1 Å². The Bertz CT molecular complexity index is 340. The third-order valence-corrected chi connectivity index (χ3v) is 2.23. The van der Waals surface area contributed by atoms with Gasteiger partial charge in [-0.05, 0) is 13.3 Å². The summed E-state index contributed by atoms with van der Waals surface area (Å²) in [6, 6.07) is 0.347. The van der Waals surface area contributed by atoms with Crippen LogP contribution >= 0.6 is 12.2 Å². The zero-order valence-electron chi connectivity index (χ0n) is 9.03. The minimum atomic E-state index is 0.272. The van der Waals surface area contributed by atoms with Crippen LogP contribution in [0.2, 0.25) is 0 Å². The van der Waals surface area contributed by atoms with Gasteiger partial charge in [0.2, 0.25) is 0 Å². The predicted octanol–water partition coefficient (Wildman–Crippen LogP) is 1.71. The van der Waals surface area contributed by atoms with Crippen LogP contribution in [0, 0.1) is 0 Å². The molecule has 4 nitrogen and oxygen atoms in total. The maximum absolute atomic E-state index is 5.55. The topological polar surface area (TPSA) is 63.8 Å². The van der Waals surface area contributed by atoms with Crippen LogP contribution in [0.1, 0.15) is 32.4 Å². The lowest BCUT2D eigenvalue weighted by Crippen LogP contribution is -2.21. The molecule has 0 saturated carbocycles. The van der Waals surface area contributed by atoms with Gasteiger partial charge in [-0.3, -0.25) is 0 Å². The first-order valence-electron chi connectivity index (χ1n) is 5.02. The lowest BCUT2D eigenvalue weighted by Gasteiger charge is -2.14. The summed E-state index contributed by atoms with van der Waals surface area (Å²) in [7, 11) is 0. The second-order valence-electron chi connectivity index (χ2n) is 3.45. The molecule has 0 amide bonds. The van der Waals surface area contributed by atoms with E-state index in [-0.39, 0.29) is 4.99 Å². The lowest BCUT2D eigenvalue weighted by atomic mass is 10.2. The maximum atomic E-state index is 5.55. The summed E-state index contributed by atoms with van der Waals surface area (Å²) in [5.41, 5.74) is 6.12. The van der Waals surface area contributed by atoms with Crippen LogP contribution in [0.3, 0.4) is 0 Å². The molecule has 0 aliphatic carbocycles. The summed E-state index contributed by atoms with van der Waals surface area (Å²) in [6.45, 7) is 4.24. The minimum absolute atomic E-state index is 0.272. The zero-order chi connectivity index (χ0) is 11.3. The molecular weight excluding hydrogens is 208 g/mol. The summed E-state index contributed by atoms with van der Waals surface area (Å²) in [5, 5.41) is 3.25. The number of hydrogen-bond acceptors (Lipinski definition) is 4. The van der Waals surface area contributed by atoms with Gasteiger partial charge < -0.3 is 11.1 Å². The first kappa shape index (κ1) is 11.8. The van der Waals surface area contributed by atoms with Gasteiger partial charge in [0.1, 0.15) is 10.7 Å². The van der Waals surface area contributed by atoms with Crippen molar-refractivity contribution in [1.82, 2.24) is 9.97 Å². The van der Waals surface area contributed by atoms with Crippen LogP contribution in [-0.2, 0) is 0 Å². The van der Waals surface area contributed by atoms with Gasteiger partial charge in [0.15, 0.2) is 5.82 Å². The summed E-state index contributed by atoms with van der Waals surface area (Å²) < 4.78 is 0. The Hall–Kier alpha value is -1.23. The minimum Gasteiger partial charge on any atom is -0.388 e. The molecule has 0 aliphatic heterocycles. The number of hydrogen-bond donors (Lipinski definition) is 2. The molecule has 3 N–H and O–H groups in total.